The number of piperidine rings is 1. The fourth-order valence-corrected chi connectivity index (χ4v) is 3.47. The molecule has 2 aromatic carbocycles. The Morgan fingerprint density at radius 3 is 2.85 bits per heavy atom. The average molecular weight is 356 g/mol. The first-order valence-corrected chi connectivity index (χ1v) is 8.45. The summed E-state index contributed by atoms with van der Waals surface area (Å²) in [6.45, 7) is 0.978. The molecule has 134 valence electrons. The first-order chi connectivity index (χ1) is 12.5. The molecule has 0 bridgehead atoms. The van der Waals surface area contributed by atoms with Crippen molar-refractivity contribution in [2.45, 2.75) is 18.5 Å². The summed E-state index contributed by atoms with van der Waals surface area (Å²) in [6, 6.07) is 9.93. The number of halogens is 2. The smallest absolute Gasteiger partial charge is 0.250 e. The Hall–Kier alpha value is -2.80. The third-order valence-electron chi connectivity index (χ3n) is 4.79. The van der Waals surface area contributed by atoms with Gasteiger partial charge in [0.05, 0.1) is 5.56 Å². The average Bonchev–Trinajstić information content (AvgIpc) is 3.05. The van der Waals surface area contributed by atoms with Crippen LogP contribution in [0.3, 0.4) is 0 Å². The minimum Gasteiger partial charge on any atom is -0.366 e. The van der Waals surface area contributed by atoms with Crippen molar-refractivity contribution in [3.05, 3.63) is 59.5 Å². The molecule has 1 aliphatic rings. The van der Waals surface area contributed by atoms with Crippen LogP contribution in [-0.2, 0) is 0 Å². The molecule has 2 heterocycles. The van der Waals surface area contributed by atoms with Crippen molar-refractivity contribution in [3.8, 4) is 5.69 Å². The molecule has 3 N–H and O–H groups in total. The molecule has 7 heteroatoms. The van der Waals surface area contributed by atoms with Crippen molar-refractivity contribution >= 4 is 16.8 Å². The highest BCUT2D eigenvalue weighted by molar-refractivity contribution is 6.04. The number of nitrogens with one attached hydrogen (secondary N) is 1. The van der Waals surface area contributed by atoms with Crippen molar-refractivity contribution in [3.63, 3.8) is 0 Å². The number of fused-ring (bicyclic) bond motifs is 1. The molecule has 26 heavy (non-hydrogen) atoms. The second-order valence-electron chi connectivity index (χ2n) is 6.58. The Labute approximate surface area is 148 Å². The molecule has 5 nitrogen and oxygen atoms in total. The molecule has 1 unspecified atom stereocenters. The van der Waals surface area contributed by atoms with Crippen LogP contribution in [-0.4, -0.2) is 34.9 Å². The van der Waals surface area contributed by atoms with Crippen LogP contribution in [0, 0.1) is 5.82 Å². The number of primary amides is 1. The third kappa shape index (κ3) is 2.94. The number of hydrogen-bond acceptors (Lipinski definition) is 3. The molecule has 1 aromatic heterocycles. The summed E-state index contributed by atoms with van der Waals surface area (Å²) >= 11 is 0. The number of carbonyl (C=O) groups excluding carboxylic acids is 1. The number of rotatable bonds is 3. The maximum Gasteiger partial charge on any atom is 0.250 e. The van der Waals surface area contributed by atoms with Gasteiger partial charge < -0.3 is 11.1 Å². The highest BCUT2D eigenvalue weighted by atomic mass is 19.1. The van der Waals surface area contributed by atoms with Crippen molar-refractivity contribution in [2.75, 3.05) is 13.1 Å². The van der Waals surface area contributed by atoms with Gasteiger partial charge in [0.15, 0.2) is 0 Å². The number of carbonyl (C=O) groups is 1. The summed E-state index contributed by atoms with van der Waals surface area (Å²) in [4.78, 5) is 11.5. The standard InChI is InChI=1S/C19H18F2N4O/c20-14-6-13(8-23-9-14)11-4-5-17(16(21)7-11)25-10-12-2-1-3-15(19(22)26)18(12)24-25/h1-5,7,10,13-14,23H,6,8-9H2,(H2,22,26)/t13?,14-/m1/s1. The van der Waals surface area contributed by atoms with Crippen molar-refractivity contribution in [1.29, 1.82) is 0 Å². The van der Waals surface area contributed by atoms with Gasteiger partial charge in [-0.1, -0.05) is 18.2 Å². The second-order valence-corrected chi connectivity index (χ2v) is 6.58. The molecule has 1 amide bonds. The van der Waals surface area contributed by atoms with Crippen LogP contribution in [0.1, 0.15) is 28.3 Å². The molecule has 0 spiro atoms. The molecule has 1 saturated heterocycles. The van der Waals surface area contributed by atoms with E-state index in [1.807, 2.05) is 0 Å². The lowest BCUT2D eigenvalue weighted by molar-refractivity contribution is 0.100. The van der Waals surface area contributed by atoms with Crippen LogP contribution < -0.4 is 11.1 Å². The second kappa shape index (κ2) is 6.49. The largest absolute Gasteiger partial charge is 0.366 e. The zero-order valence-corrected chi connectivity index (χ0v) is 14.0. The third-order valence-corrected chi connectivity index (χ3v) is 4.79. The van der Waals surface area contributed by atoms with Gasteiger partial charge in [-0.3, -0.25) is 4.79 Å². The zero-order chi connectivity index (χ0) is 18.3. The van der Waals surface area contributed by atoms with E-state index in [2.05, 4.69) is 10.4 Å². The number of amides is 1. The summed E-state index contributed by atoms with van der Waals surface area (Å²) in [7, 11) is 0. The molecular formula is C19H18F2N4O. The fourth-order valence-electron chi connectivity index (χ4n) is 3.47. The number of benzene rings is 2. The van der Waals surface area contributed by atoms with Gasteiger partial charge in [0.2, 0.25) is 0 Å². The Morgan fingerprint density at radius 1 is 1.27 bits per heavy atom. The molecule has 0 saturated carbocycles. The van der Waals surface area contributed by atoms with E-state index in [1.165, 1.54) is 10.7 Å². The van der Waals surface area contributed by atoms with E-state index in [0.29, 0.717) is 36.0 Å². The van der Waals surface area contributed by atoms with Gasteiger partial charge in [-0.15, -0.1) is 0 Å². The van der Waals surface area contributed by atoms with Gasteiger partial charge in [0, 0.05) is 24.7 Å². The topological polar surface area (TPSA) is 72.9 Å². The molecule has 4 rings (SSSR count). The highest BCUT2D eigenvalue weighted by Crippen LogP contribution is 2.28. The lowest BCUT2D eigenvalue weighted by Gasteiger charge is -2.26. The minimum atomic E-state index is -0.917. The summed E-state index contributed by atoms with van der Waals surface area (Å²) in [5.41, 5.74) is 7.12. The Balaban J connectivity index is 1.71. The van der Waals surface area contributed by atoms with E-state index in [-0.39, 0.29) is 11.6 Å². The first-order valence-electron chi connectivity index (χ1n) is 8.45. The van der Waals surface area contributed by atoms with Crippen molar-refractivity contribution in [1.82, 2.24) is 15.1 Å². The van der Waals surface area contributed by atoms with Gasteiger partial charge in [-0.2, -0.15) is 5.10 Å². The molecule has 0 aliphatic carbocycles. The van der Waals surface area contributed by atoms with Crippen LogP contribution in [0.2, 0.25) is 0 Å². The van der Waals surface area contributed by atoms with Gasteiger partial charge in [0.1, 0.15) is 23.2 Å². The summed E-state index contributed by atoms with van der Waals surface area (Å²) in [5.74, 6) is -1.08. The SMILES string of the molecule is NC(=O)c1cccc2cn(-c3ccc(C4CNC[C@H](F)C4)cc3F)nc12. The normalized spacial score (nSPS) is 20.4. The van der Waals surface area contributed by atoms with Gasteiger partial charge >= 0.3 is 0 Å². The number of nitrogens with zero attached hydrogens (tertiary/aromatic N) is 2. The van der Waals surface area contributed by atoms with E-state index in [1.54, 1.807) is 36.5 Å². The predicted octanol–water partition coefficient (Wildman–Crippen LogP) is 2.68. The monoisotopic (exact) mass is 356 g/mol. The van der Waals surface area contributed by atoms with Gasteiger partial charge in [0.25, 0.3) is 5.91 Å². The van der Waals surface area contributed by atoms with E-state index >= 15 is 0 Å². The molecule has 1 fully saturated rings. The highest BCUT2D eigenvalue weighted by Gasteiger charge is 2.23. The van der Waals surface area contributed by atoms with E-state index in [4.69, 9.17) is 5.73 Å². The zero-order valence-electron chi connectivity index (χ0n) is 14.0. The quantitative estimate of drug-likeness (QED) is 0.758. The molecular weight excluding hydrogens is 338 g/mol. The number of nitrogens with two attached hydrogens (primary N) is 1. The Kier molecular flexibility index (Phi) is 4.16. The number of alkyl halides is 1. The summed E-state index contributed by atoms with van der Waals surface area (Å²) in [6.07, 6.45) is 1.12. The maximum atomic E-state index is 14.7. The van der Waals surface area contributed by atoms with Crippen molar-refractivity contribution in [2.24, 2.45) is 5.73 Å². The van der Waals surface area contributed by atoms with E-state index < -0.39 is 17.9 Å². The van der Waals surface area contributed by atoms with Gasteiger partial charge in [-0.25, -0.2) is 13.5 Å². The van der Waals surface area contributed by atoms with Crippen LogP contribution in [0.15, 0.2) is 42.6 Å². The van der Waals surface area contributed by atoms with Gasteiger partial charge in [-0.05, 0) is 36.1 Å². The lowest BCUT2D eigenvalue weighted by Crippen LogP contribution is -2.36. The number of hydrogen-bond donors (Lipinski definition) is 2. The Morgan fingerprint density at radius 2 is 2.12 bits per heavy atom. The molecule has 3 aromatic rings. The van der Waals surface area contributed by atoms with Crippen molar-refractivity contribution < 1.29 is 13.6 Å². The van der Waals surface area contributed by atoms with E-state index in [9.17, 15) is 13.6 Å². The van der Waals surface area contributed by atoms with Crippen LogP contribution in [0.25, 0.3) is 16.6 Å². The first kappa shape index (κ1) is 16.7. The summed E-state index contributed by atoms with van der Waals surface area (Å²) in [5, 5.41) is 8.04. The predicted molar refractivity (Wildman–Crippen MR) is 94.7 cm³/mol. The lowest BCUT2D eigenvalue weighted by atomic mass is 9.90. The van der Waals surface area contributed by atoms with Crippen LogP contribution >= 0.6 is 0 Å². The minimum absolute atomic E-state index is 0.0551. The molecule has 2 atom stereocenters. The fraction of sp³-hybridized carbons (Fsp3) is 0.263. The van der Waals surface area contributed by atoms with Crippen LogP contribution in [0.4, 0.5) is 8.78 Å². The van der Waals surface area contributed by atoms with E-state index in [0.717, 1.165) is 5.56 Å². The van der Waals surface area contributed by atoms with Crippen LogP contribution in [0.5, 0.6) is 0 Å². The molecule has 1 aliphatic heterocycles. The number of aromatic nitrogens is 2. The Bertz CT molecular complexity index is 985. The summed E-state index contributed by atoms with van der Waals surface area (Å²) < 4.78 is 29.7. The maximum absolute atomic E-state index is 14.7. The molecule has 0 radical (unpaired) electrons.